The number of carbonyl (C=O) groups is 2. The molecule has 36 heavy (non-hydrogen) atoms. The number of amides is 2. The number of aryl methyl sites for hydroxylation is 1. The number of hydrogen-bond donors (Lipinski definition) is 4. The molecule has 0 saturated heterocycles. The summed E-state index contributed by atoms with van der Waals surface area (Å²) in [4.78, 5) is 23.2. The van der Waals surface area contributed by atoms with Crippen molar-refractivity contribution >= 4 is 11.8 Å². The number of hydrogen-bond acceptors (Lipinski definition) is 4. The summed E-state index contributed by atoms with van der Waals surface area (Å²) in [7, 11) is 0. The van der Waals surface area contributed by atoms with Gasteiger partial charge in [0.25, 0.3) is 0 Å². The molecule has 0 aliphatic carbocycles. The molecule has 0 aromatic heterocycles. The van der Waals surface area contributed by atoms with Crippen LogP contribution in [0.2, 0.25) is 0 Å². The van der Waals surface area contributed by atoms with Gasteiger partial charge in [-0.3, -0.25) is 9.59 Å². The van der Waals surface area contributed by atoms with Crippen molar-refractivity contribution in [1.82, 2.24) is 16.0 Å². The molecular formula is C25H30F5N3O3. The quantitative estimate of drug-likeness (QED) is 0.244. The Morgan fingerprint density at radius 2 is 1.67 bits per heavy atom. The smallest absolute Gasteiger partial charge is 0.390 e. The molecule has 6 nitrogen and oxygen atoms in total. The lowest BCUT2D eigenvalue weighted by Crippen LogP contribution is -2.48. The predicted molar refractivity (Wildman–Crippen MR) is 124 cm³/mol. The molecule has 0 heterocycles. The Hall–Kier alpha value is -3.05. The van der Waals surface area contributed by atoms with Crippen LogP contribution in [0, 0.1) is 11.6 Å². The van der Waals surface area contributed by atoms with Gasteiger partial charge in [-0.1, -0.05) is 31.2 Å². The van der Waals surface area contributed by atoms with E-state index in [1.165, 1.54) is 0 Å². The van der Waals surface area contributed by atoms with E-state index in [1.54, 1.807) is 5.32 Å². The van der Waals surface area contributed by atoms with E-state index in [9.17, 15) is 36.6 Å². The van der Waals surface area contributed by atoms with E-state index in [0.717, 1.165) is 29.7 Å². The summed E-state index contributed by atoms with van der Waals surface area (Å²) in [6.07, 6.45) is -5.66. The summed E-state index contributed by atoms with van der Waals surface area (Å²) in [5.74, 6) is -4.30. The molecule has 2 atom stereocenters. The van der Waals surface area contributed by atoms with Crippen molar-refractivity contribution in [3.05, 3.63) is 70.8 Å². The fourth-order valence-corrected chi connectivity index (χ4v) is 3.56. The Labute approximate surface area is 206 Å². The first-order valence-corrected chi connectivity index (χ1v) is 11.5. The van der Waals surface area contributed by atoms with Gasteiger partial charge < -0.3 is 21.1 Å². The summed E-state index contributed by atoms with van der Waals surface area (Å²) in [6, 6.07) is 9.81. The van der Waals surface area contributed by atoms with Crippen LogP contribution in [0.4, 0.5) is 22.0 Å². The predicted octanol–water partition coefficient (Wildman–Crippen LogP) is 3.16. The number of halogens is 5. The third kappa shape index (κ3) is 10.3. The summed E-state index contributed by atoms with van der Waals surface area (Å²) in [5, 5.41) is 18.1. The maximum Gasteiger partial charge on any atom is 0.471 e. The highest BCUT2D eigenvalue weighted by atomic mass is 19.4. The minimum absolute atomic E-state index is 0.0563. The second kappa shape index (κ2) is 13.9. The average Bonchev–Trinajstić information content (AvgIpc) is 2.80. The molecule has 0 spiro atoms. The Balaban J connectivity index is 1.96. The van der Waals surface area contributed by atoms with Crippen LogP contribution in [0.15, 0.2) is 42.5 Å². The zero-order valence-electron chi connectivity index (χ0n) is 19.8. The fourth-order valence-electron chi connectivity index (χ4n) is 3.56. The lowest BCUT2D eigenvalue weighted by molar-refractivity contribution is -0.173. The van der Waals surface area contributed by atoms with Crippen LogP contribution < -0.4 is 16.0 Å². The molecule has 2 aromatic carbocycles. The maximum absolute atomic E-state index is 13.6. The molecular weight excluding hydrogens is 485 g/mol. The van der Waals surface area contributed by atoms with Crippen LogP contribution in [-0.4, -0.2) is 48.3 Å². The van der Waals surface area contributed by atoms with Gasteiger partial charge in [0.15, 0.2) is 0 Å². The number of alkyl halides is 3. The van der Waals surface area contributed by atoms with E-state index in [0.29, 0.717) is 12.6 Å². The highest BCUT2D eigenvalue weighted by Crippen LogP contribution is 2.14. The number of nitrogens with one attached hydrogen (secondary N) is 3. The minimum atomic E-state index is -5.01. The number of aliphatic hydroxyl groups excluding tert-OH is 1. The van der Waals surface area contributed by atoms with Gasteiger partial charge in [-0.15, -0.1) is 0 Å². The van der Waals surface area contributed by atoms with Crippen LogP contribution >= 0.6 is 0 Å². The first kappa shape index (κ1) is 29.2. The zero-order chi connectivity index (χ0) is 26.7. The van der Waals surface area contributed by atoms with Gasteiger partial charge in [0, 0.05) is 32.1 Å². The molecule has 2 amide bonds. The molecule has 0 bridgehead atoms. The molecule has 2 aromatic rings. The summed E-state index contributed by atoms with van der Waals surface area (Å²) < 4.78 is 64.0. The van der Waals surface area contributed by atoms with Crippen LogP contribution in [0.1, 0.15) is 36.5 Å². The van der Waals surface area contributed by atoms with Crippen molar-refractivity contribution in [3.8, 4) is 0 Å². The Bertz CT molecular complexity index is 996. The molecule has 0 fully saturated rings. The normalized spacial score (nSPS) is 13.2. The molecule has 0 aliphatic heterocycles. The van der Waals surface area contributed by atoms with Gasteiger partial charge in [0.1, 0.15) is 11.6 Å². The van der Waals surface area contributed by atoms with E-state index in [1.807, 2.05) is 31.2 Å². The van der Waals surface area contributed by atoms with Crippen molar-refractivity contribution in [3.63, 3.8) is 0 Å². The van der Waals surface area contributed by atoms with E-state index in [2.05, 4.69) is 10.6 Å². The molecule has 0 radical (unpaired) electrons. The van der Waals surface area contributed by atoms with Gasteiger partial charge >= 0.3 is 12.1 Å². The third-order valence-corrected chi connectivity index (χ3v) is 5.39. The lowest BCUT2D eigenvalue weighted by Gasteiger charge is -2.25. The standard InChI is InChI=1S/C25H30F5N3O3/c1-2-16-5-3-6-17(9-16)14-31-15-22(34)21(12-18-10-19(26)13-20(27)11-18)33-23(35)7-4-8-32-24(36)25(28,29)30/h3,5-6,9-11,13,21-22,31,34H,2,4,7-8,12,14-15H2,1H3,(H,32,36)(H,33,35)/t21-,22+/m0/s1. The highest BCUT2D eigenvalue weighted by Gasteiger charge is 2.38. The first-order valence-electron chi connectivity index (χ1n) is 11.5. The number of benzene rings is 2. The number of carbonyl (C=O) groups excluding carboxylic acids is 2. The highest BCUT2D eigenvalue weighted by molar-refractivity contribution is 5.81. The van der Waals surface area contributed by atoms with Gasteiger partial charge in [-0.25, -0.2) is 8.78 Å². The lowest BCUT2D eigenvalue weighted by atomic mass is 10.00. The van der Waals surface area contributed by atoms with E-state index in [-0.39, 0.29) is 37.9 Å². The zero-order valence-corrected chi connectivity index (χ0v) is 19.8. The van der Waals surface area contributed by atoms with Crippen molar-refractivity contribution < 1.29 is 36.6 Å². The second-order valence-electron chi connectivity index (χ2n) is 8.38. The Morgan fingerprint density at radius 3 is 2.31 bits per heavy atom. The number of rotatable bonds is 13. The van der Waals surface area contributed by atoms with Crippen molar-refractivity contribution in [2.45, 2.75) is 57.5 Å². The van der Waals surface area contributed by atoms with E-state index in [4.69, 9.17) is 0 Å². The SMILES string of the molecule is CCc1cccc(CNC[C@@H](O)[C@H](Cc2cc(F)cc(F)c2)NC(=O)CCCNC(=O)C(F)(F)F)c1. The average molecular weight is 516 g/mol. The molecule has 0 unspecified atom stereocenters. The largest absolute Gasteiger partial charge is 0.471 e. The molecule has 4 N–H and O–H groups in total. The Morgan fingerprint density at radius 1 is 1.00 bits per heavy atom. The van der Waals surface area contributed by atoms with Crippen molar-refractivity contribution in [1.29, 1.82) is 0 Å². The van der Waals surface area contributed by atoms with Crippen LogP contribution in [0.25, 0.3) is 0 Å². The summed E-state index contributed by atoms with van der Waals surface area (Å²) in [5.41, 5.74) is 2.36. The molecule has 11 heteroatoms. The van der Waals surface area contributed by atoms with Crippen LogP contribution in [0.3, 0.4) is 0 Å². The topological polar surface area (TPSA) is 90.5 Å². The van der Waals surface area contributed by atoms with Gasteiger partial charge in [0.2, 0.25) is 5.91 Å². The fraction of sp³-hybridized carbons (Fsp3) is 0.440. The Kier molecular flexibility index (Phi) is 11.3. The second-order valence-corrected chi connectivity index (χ2v) is 8.38. The van der Waals surface area contributed by atoms with Gasteiger partial charge in [-0.05, 0) is 48.1 Å². The van der Waals surface area contributed by atoms with Crippen LogP contribution in [0.5, 0.6) is 0 Å². The van der Waals surface area contributed by atoms with Gasteiger partial charge in [-0.2, -0.15) is 13.2 Å². The monoisotopic (exact) mass is 515 g/mol. The molecule has 0 aliphatic rings. The van der Waals surface area contributed by atoms with Crippen LogP contribution in [-0.2, 0) is 29.0 Å². The van der Waals surface area contributed by atoms with Crippen molar-refractivity contribution in [2.24, 2.45) is 0 Å². The van der Waals surface area contributed by atoms with E-state index >= 15 is 0 Å². The molecule has 2 rings (SSSR count). The molecule has 0 saturated carbocycles. The molecule has 198 valence electrons. The minimum Gasteiger partial charge on any atom is -0.390 e. The first-order chi connectivity index (χ1) is 17.0. The van der Waals surface area contributed by atoms with Gasteiger partial charge in [0.05, 0.1) is 12.1 Å². The summed E-state index contributed by atoms with van der Waals surface area (Å²) in [6.45, 7) is 2.16. The maximum atomic E-state index is 13.6. The number of aliphatic hydroxyl groups is 1. The summed E-state index contributed by atoms with van der Waals surface area (Å²) >= 11 is 0. The third-order valence-electron chi connectivity index (χ3n) is 5.39. The van der Waals surface area contributed by atoms with E-state index < -0.39 is 41.8 Å². The van der Waals surface area contributed by atoms with Crippen molar-refractivity contribution in [2.75, 3.05) is 13.1 Å².